The minimum atomic E-state index is -0.0830. The van der Waals surface area contributed by atoms with Crippen LogP contribution in [-0.4, -0.2) is 59.4 Å². The van der Waals surface area contributed by atoms with Gasteiger partial charge in [0.2, 0.25) is 11.8 Å². The van der Waals surface area contributed by atoms with Gasteiger partial charge in [-0.05, 0) is 11.6 Å². The van der Waals surface area contributed by atoms with Crippen molar-refractivity contribution in [3.8, 4) is 0 Å². The van der Waals surface area contributed by atoms with E-state index in [-0.39, 0.29) is 36.8 Å². The number of nitrogens with zero attached hydrogens (tertiary/aromatic N) is 2. The van der Waals surface area contributed by atoms with Crippen LogP contribution >= 0.6 is 35.8 Å². The molecule has 3 rings (SSSR count). The average Bonchev–Trinajstić information content (AvgIpc) is 2.93. The van der Waals surface area contributed by atoms with E-state index < -0.39 is 0 Å². The van der Waals surface area contributed by atoms with Crippen LogP contribution < -0.4 is 5.32 Å². The Labute approximate surface area is 151 Å². The van der Waals surface area contributed by atoms with Gasteiger partial charge < -0.3 is 15.1 Å². The SMILES string of the molecule is Cl.O=C1CSCN1CC(=O)N1CCNCC1c1ccccc1Cl. The Morgan fingerprint density at radius 1 is 1.39 bits per heavy atom. The number of nitrogens with one attached hydrogen (secondary N) is 1. The van der Waals surface area contributed by atoms with Gasteiger partial charge >= 0.3 is 0 Å². The molecule has 2 amide bonds. The highest BCUT2D eigenvalue weighted by Gasteiger charge is 2.31. The fourth-order valence-corrected chi connectivity index (χ4v) is 3.99. The summed E-state index contributed by atoms with van der Waals surface area (Å²) in [7, 11) is 0. The first-order chi connectivity index (χ1) is 10.7. The predicted molar refractivity (Wildman–Crippen MR) is 95.1 cm³/mol. The molecular weight excluding hydrogens is 357 g/mol. The Kier molecular flexibility index (Phi) is 6.59. The number of thioether (sulfide) groups is 1. The molecule has 0 aliphatic carbocycles. The topological polar surface area (TPSA) is 52.7 Å². The lowest BCUT2D eigenvalue weighted by atomic mass is 10.0. The monoisotopic (exact) mass is 375 g/mol. The molecule has 2 aliphatic rings. The number of carbonyl (C=O) groups is 2. The van der Waals surface area contributed by atoms with Crippen LogP contribution in [0.4, 0.5) is 0 Å². The number of rotatable bonds is 3. The lowest BCUT2D eigenvalue weighted by molar-refractivity contribution is -0.140. The molecule has 1 N–H and O–H groups in total. The smallest absolute Gasteiger partial charge is 0.242 e. The van der Waals surface area contributed by atoms with E-state index in [1.165, 1.54) is 0 Å². The summed E-state index contributed by atoms with van der Waals surface area (Å²) in [5.41, 5.74) is 0.951. The molecule has 0 aromatic heterocycles. The van der Waals surface area contributed by atoms with Crippen molar-refractivity contribution in [2.75, 3.05) is 37.8 Å². The lowest BCUT2D eigenvalue weighted by Gasteiger charge is -2.37. The van der Waals surface area contributed by atoms with E-state index in [2.05, 4.69) is 5.32 Å². The van der Waals surface area contributed by atoms with Crippen LogP contribution in [0.15, 0.2) is 24.3 Å². The van der Waals surface area contributed by atoms with E-state index in [4.69, 9.17) is 11.6 Å². The zero-order valence-electron chi connectivity index (χ0n) is 12.5. The first-order valence-corrected chi connectivity index (χ1v) is 8.80. The van der Waals surface area contributed by atoms with Crippen LogP contribution in [-0.2, 0) is 9.59 Å². The largest absolute Gasteiger partial charge is 0.331 e. The van der Waals surface area contributed by atoms with Crippen LogP contribution in [0.2, 0.25) is 5.02 Å². The standard InChI is InChI=1S/C15H18ClN3O2S.ClH/c16-12-4-2-1-3-11(12)13-7-17-5-6-19(13)14(20)8-18-10-22-9-15(18)21;/h1-4,13,17H,5-10H2;1H. The average molecular weight is 376 g/mol. The molecular formula is C15H19Cl2N3O2S. The number of piperazine rings is 1. The molecule has 0 bridgehead atoms. The van der Waals surface area contributed by atoms with Crippen molar-refractivity contribution < 1.29 is 9.59 Å². The molecule has 2 heterocycles. The Morgan fingerprint density at radius 2 is 2.17 bits per heavy atom. The Hall–Kier alpha value is -0.950. The molecule has 0 saturated carbocycles. The Morgan fingerprint density at radius 3 is 2.87 bits per heavy atom. The number of halogens is 2. The number of carbonyl (C=O) groups excluding carboxylic acids is 2. The minimum Gasteiger partial charge on any atom is -0.331 e. The van der Waals surface area contributed by atoms with Crippen LogP contribution in [0, 0.1) is 0 Å². The molecule has 8 heteroatoms. The summed E-state index contributed by atoms with van der Waals surface area (Å²) in [6.45, 7) is 2.23. The molecule has 1 aromatic carbocycles. The van der Waals surface area contributed by atoms with Gasteiger partial charge in [-0.3, -0.25) is 9.59 Å². The molecule has 5 nitrogen and oxygen atoms in total. The highest BCUT2D eigenvalue weighted by atomic mass is 35.5. The van der Waals surface area contributed by atoms with Gasteiger partial charge in [0.25, 0.3) is 0 Å². The summed E-state index contributed by atoms with van der Waals surface area (Å²) in [4.78, 5) is 27.8. The number of hydrogen-bond donors (Lipinski definition) is 1. The first-order valence-electron chi connectivity index (χ1n) is 7.27. The highest BCUT2D eigenvalue weighted by Crippen LogP contribution is 2.28. The van der Waals surface area contributed by atoms with Gasteiger partial charge in [0, 0.05) is 24.7 Å². The van der Waals surface area contributed by atoms with Crippen LogP contribution in [0.3, 0.4) is 0 Å². The normalized spacial score (nSPS) is 21.3. The number of benzene rings is 1. The summed E-state index contributed by atoms with van der Waals surface area (Å²) in [6.07, 6.45) is 0. The second-order valence-electron chi connectivity index (χ2n) is 5.40. The van der Waals surface area contributed by atoms with Crippen LogP contribution in [0.5, 0.6) is 0 Å². The quantitative estimate of drug-likeness (QED) is 0.874. The van der Waals surface area contributed by atoms with Gasteiger partial charge in [-0.2, -0.15) is 0 Å². The van der Waals surface area contributed by atoms with E-state index in [9.17, 15) is 9.59 Å². The summed E-state index contributed by atoms with van der Waals surface area (Å²) in [5.74, 6) is 1.11. The van der Waals surface area contributed by atoms with E-state index in [1.54, 1.807) is 16.7 Å². The van der Waals surface area contributed by atoms with Crippen molar-refractivity contribution in [2.24, 2.45) is 0 Å². The maximum absolute atomic E-state index is 12.6. The maximum atomic E-state index is 12.6. The Balaban J connectivity index is 0.00000192. The molecule has 1 atom stereocenters. The van der Waals surface area contributed by atoms with Gasteiger partial charge in [0.05, 0.1) is 17.7 Å². The van der Waals surface area contributed by atoms with Crippen LogP contribution in [0.25, 0.3) is 0 Å². The molecule has 2 aliphatic heterocycles. The van der Waals surface area contributed by atoms with Gasteiger partial charge in [0.1, 0.15) is 6.54 Å². The van der Waals surface area contributed by atoms with E-state index in [0.717, 1.165) is 12.1 Å². The molecule has 2 fully saturated rings. The molecule has 0 radical (unpaired) electrons. The summed E-state index contributed by atoms with van der Waals surface area (Å²) < 4.78 is 0. The van der Waals surface area contributed by atoms with Gasteiger partial charge in [-0.15, -0.1) is 24.2 Å². The summed E-state index contributed by atoms with van der Waals surface area (Å²) in [6, 6.07) is 7.53. The highest BCUT2D eigenvalue weighted by molar-refractivity contribution is 8.00. The van der Waals surface area contributed by atoms with Crippen molar-refractivity contribution >= 4 is 47.6 Å². The lowest BCUT2D eigenvalue weighted by Crippen LogP contribution is -2.51. The third-order valence-corrected chi connectivity index (χ3v) is 5.27. The minimum absolute atomic E-state index is 0. The van der Waals surface area contributed by atoms with Crippen molar-refractivity contribution in [2.45, 2.75) is 6.04 Å². The zero-order valence-corrected chi connectivity index (χ0v) is 14.9. The second-order valence-corrected chi connectivity index (χ2v) is 6.76. The third kappa shape index (κ3) is 4.12. The van der Waals surface area contributed by atoms with Gasteiger partial charge in [-0.1, -0.05) is 29.8 Å². The predicted octanol–water partition coefficient (Wildman–Crippen LogP) is 1.77. The zero-order chi connectivity index (χ0) is 15.5. The number of hydrogen-bond acceptors (Lipinski definition) is 4. The van der Waals surface area contributed by atoms with Gasteiger partial charge in [0.15, 0.2) is 0 Å². The molecule has 2 saturated heterocycles. The Bertz CT molecular complexity index is 588. The molecule has 1 aromatic rings. The van der Waals surface area contributed by atoms with Crippen molar-refractivity contribution in [3.63, 3.8) is 0 Å². The third-order valence-electron chi connectivity index (χ3n) is 3.98. The van der Waals surface area contributed by atoms with E-state index in [0.29, 0.717) is 29.7 Å². The first kappa shape index (κ1) is 18.4. The summed E-state index contributed by atoms with van der Waals surface area (Å²) >= 11 is 7.84. The van der Waals surface area contributed by atoms with E-state index >= 15 is 0 Å². The van der Waals surface area contributed by atoms with Crippen LogP contribution in [0.1, 0.15) is 11.6 Å². The van der Waals surface area contributed by atoms with Crippen molar-refractivity contribution in [3.05, 3.63) is 34.9 Å². The summed E-state index contributed by atoms with van der Waals surface area (Å²) in [5, 5.41) is 3.98. The van der Waals surface area contributed by atoms with Gasteiger partial charge in [-0.25, -0.2) is 0 Å². The molecule has 23 heavy (non-hydrogen) atoms. The molecule has 126 valence electrons. The van der Waals surface area contributed by atoms with E-state index in [1.807, 2.05) is 29.2 Å². The number of amides is 2. The van der Waals surface area contributed by atoms with Crippen molar-refractivity contribution in [1.29, 1.82) is 0 Å². The second kappa shape index (κ2) is 8.24. The fourth-order valence-electron chi connectivity index (χ4n) is 2.82. The molecule has 0 spiro atoms. The molecule has 1 unspecified atom stereocenters. The fraction of sp³-hybridized carbons (Fsp3) is 0.467. The maximum Gasteiger partial charge on any atom is 0.242 e. The van der Waals surface area contributed by atoms with Crippen molar-refractivity contribution in [1.82, 2.24) is 15.1 Å².